The molecule has 12 aromatic rings. The molecule has 109 heavy (non-hydrogen) atoms. The van der Waals surface area contributed by atoms with E-state index in [2.05, 4.69) is 49.6 Å². The first-order chi connectivity index (χ1) is 52.8. The summed E-state index contributed by atoms with van der Waals surface area (Å²) in [6.45, 7) is 24.4. The number of hydrogen-bond donors (Lipinski definition) is 2. The van der Waals surface area contributed by atoms with Gasteiger partial charge in [-0.2, -0.15) is 0 Å². The summed E-state index contributed by atoms with van der Waals surface area (Å²) in [5.41, 5.74) is 1.93. The monoisotopic (exact) mass is 1570 g/mol. The molecule has 0 unspecified atom stereocenters. The lowest BCUT2D eigenvalue weighted by atomic mass is 10.1. The van der Waals surface area contributed by atoms with E-state index in [1.165, 1.54) is 57.7 Å². The van der Waals surface area contributed by atoms with Crippen LogP contribution in [0.2, 0.25) is 0 Å². The van der Waals surface area contributed by atoms with Crippen LogP contribution in [0.4, 0.5) is 16.4 Å². The summed E-state index contributed by atoms with van der Waals surface area (Å²) in [4.78, 5) is 109. The number of rotatable bonds is 14. The van der Waals surface area contributed by atoms with Gasteiger partial charge in [0.05, 0.1) is 103 Å². The highest BCUT2D eigenvalue weighted by atomic mass is 32.1. The Labute approximate surface area is 651 Å². The molecule has 30 heteroatoms. The summed E-state index contributed by atoms with van der Waals surface area (Å²) in [6.07, 6.45) is 6.35. The van der Waals surface area contributed by atoms with E-state index >= 15 is 0 Å². The molecule has 17 rings (SSSR count). The number of ether oxygens (including phenoxy) is 2. The number of benzene rings is 6. The summed E-state index contributed by atoms with van der Waals surface area (Å²) in [7, 11) is 0. The van der Waals surface area contributed by atoms with Crippen LogP contribution in [0.3, 0.4) is 0 Å². The van der Waals surface area contributed by atoms with Gasteiger partial charge in [0.25, 0.3) is 27.8 Å². The summed E-state index contributed by atoms with van der Waals surface area (Å²) < 4.78 is 25.0. The Morgan fingerprint density at radius 2 is 0.752 bits per heavy atom. The number of Topliss-reactive ketones (excluding diaryl/α,β-unsaturated/α-hetero) is 1. The molecular formula is C79H93N15O10S5. The fourth-order valence-electron chi connectivity index (χ4n) is 13.6. The van der Waals surface area contributed by atoms with Gasteiger partial charge in [-0.15, -0.1) is 0 Å². The van der Waals surface area contributed by atoms with Gasteiger partial charge in [0.2, 0.25) is 5.95 Å². The molecule has 25 nitrogen and oxygen atoms in total. The highest BCUT2D eigenvalue weighted by molar-refractivity contribution is 7.15. The highest BCUT2D eigenvalue weighted by Crippen LogP contribution is 2.25. The summed E-state index contributed by atoms with van der Waals surface area (Å²) >= 11 is 7.64. The predicted octanol–water partition coefficient (Wildman–Crippen LogP) is 10.5. The number of fused-ring (bicyclic) bond motifs is 5. The van der Waals surface area contributed by atoms with Crippen LogP contribution in [-0.2, 0) is 42.8 Å². The lowest BCUT2D eigenvalue weighted by molar-refractivity contribution is 0.0248. The summed E-state index contributed by atoms with van der Waals surface area (Å²) in [5.74, 6) is 0.876. The molecule has 5 aliphatic rings. The van der Waals surface area contributed by atoms with Crippen molar-refractivity contribution >= 4 is 132 Å². The van der Waals surface area contributed by atoms with E-state index in [1.807, 2.05) is 192 Å². The van der Waals surface area contributed by atoms with Crippen molar-refractivity contribution in [3.8, 4) is 0 Å². The van der Waals surface area contributed by atoms with Crippen molar-refractivity contribution in [1.29, 1.82) is 0 Å². The van der Waals surface area contributed by atoms with Gasteiger partial charge in [0.15, 0.2) is 5.78 Å². The normalized spacial score (nSPS) is 16.8. The molecule has 0 aliphatic carbocycles. The number of aliphatic hydroxyl groups excluding tert-OH is 1. The van der Waals surface area contributed by atoms with Gasteiger partial charge in [0, 0.05) is 121 Å². The number of anilines is 2. The van der Waals surface area contributed by atoms with E-state index < -0.39 is 5.60 Å². The minimum absolute atomic E-state index is 0.0783. The summed E-state index contributed by atoms with van der Waals surface area (Å²) in [5, 5.41) is 16.4. The van der Waals surface area contributed by atoms with Crippen molar-refractivity contribution in [2.45, 2.75) is 104 Å². The molecular weight excluding hydrogens is 1480 g/mol. The van der Waals surface area contributed by atoms with E-state index in [-0.39, 0.29) is 51.8 Å². The molecule has 6 aromatic carbocycles. The SMILES string of the molecule is CC(=O)c1ccc(N2CCN(Cn3sc4ccccc4c3=O)CC2)cc1.CC(C)(C)OC(=O)NC1CCN(Cn2sc3ccccc3c2=O)CC1.O=c1c2ccccc2sn1CN1CCC(O)CC1.O=c1c2ccccc2sn1CN1CCN(c2ncccn2)CC1.O=c1c2ccccc2sn1CN1CCOCC1. The Kier molecular flexibility index (Phi) is 26.4. The Bertz CT molecular complexity index is 5310. The third kappa shape index (κ3) is 20.6. The molecule has 0 saturated carbocycles. The van der Waals surface area contributed by atoms with Gasteiger partial charge in [-0.05, 0) is 144 Å². The number of ketones is 1. The molecule has 5 saturated heterocycles. The number of carbonyl (C=O) groups is 2. The average Bonchev–Trinajstić information content (AvgIpc) is 1.71. The average molecular weight is 1570 g/mol. The fourth-order valence-corrected chi connectivity index (χ4v) is 18.7. The van der Waals surface area contributed by atoms with Gasteiger partial charge in [-0.1, -0.05) is 118 Å². The van der Waals surface area contributed by atoms with Gasteiger partial charge in [0.1, 0.15) is 5.60 Å². The maximum atomic E-state index is 12.5. The third-order valence-corrected chi connectivity index (χ3v) is 24.9. The first-order valence-corrected chi connectivity index (χ1v) is 40.9. The molecule has 574 valence electrons. The van der Waals surface area contributed by atoms with Crippen LogP contribution in [-0.4, -0.2) is 194 Å². The number of hydrogen-bond acceptors (Lipinski definition) is 24. The number of piperidine rings is 2. The molecule has 5 fully saturated rings. The van der Waals surface area contributed by atoms with Crippen LogP contribution in [0.5, 0.6) is 0 Å². The topological polar surface area (TPSA) is 243 Å². The zero-order valence-electron chi connectivity index (χ0n) is 61.8. The van der Waals surface area contributed by atoms with E-state index in [4.69, 9.17) is 9.47 Å². The molecule has 2 N–H and O–H groups in total. The van der Waals surface area contributed by atoms with Crippen LogP contribution in [0.1, 0.15) is 63.7 Å². The van der Waals surface area contributed by atoms with Crippen LogP contribution in [0.25, 0.3) is 50.4 Å². The minimum atomic E-state index is -0.479. The second kappa shape index (κ2) is 36.8. The van der Waals surface area contributed by atoms with Crippen LogP contribution in [0, 0.1) is 0 Å². The lowest BCUT2D eigenvalue weighted by Crippen LogP contribution is -2.47. The van der Waals surface area contributed by atoms with Gasteiger partial charge in [-0.25, -0.2) is 34.5 Å². The van der Waals surface area contributed by atoms with Gasteiger partial charge >= 0.3 is 6.09 Å². The molecule has 0 radical (unpaired) electrons. The number of morpholine rings is 1. The van der Waals surface area contributed by atoms with E-state index in [0.717, 1.165) is 198 Å². The zero-order chi connectivity index (χ0) is 76.0. The van der Waals surface area contributed by atoms with Crippen molar-refractivity contribution in [2.75, 3.05) is 115 Å². The number of alkyl carbamates (subject to hydrolysis) is 1. The van der Waals surface area contributed by atoms with E-state index in [1.54, 1.807) is 19.3 Å². The summed E-state index contributed by atoms with van der Waals surface area (Å²) in [6, 6.07) is 48.5. The molecule has 0 bridgehead atoms. The Morgan fingerprint density at radius 1 is 0.431 bits per heavy atom. The quantitative estimate of drug-likeness (QED) is 0.0961. The number of nitrogens with one attached hydrogen (secondary N) is 1. The number of piperazine rings is 2. The molecule has 5 aliphatic heterocycles. The number of nitrogens with zero attached hydrogens (tertiary/aromatic N) is 14. The van der Waals surface area contributed by atoms with Crippen molar-refractivity contribution in [1.82, 2.24) is 59.6 Å². The number of aliphatic hydroxyl groups is 1. The maximum Gasteiger partial charge on any atom is 0.407 e. The van der Waals surface area contributed by atoms with Crippen LogP contribution >= 0.6 is 57.7 Å². The Morgan fingerprint density at radius 3 is 1.09 bits per heavy atom. The predicted molar refractivity (Wildman–Crippen MR) is 440 cm³/mol. The lowest BCUT2D eigenvalue weighted by Gasteiger charge is -2.35. The second-order valence-electron chi connectivity index (χ2n) is 28.5. The number of likely N-dealkylation sites (tertiary alicyclic amines) is 2. The fraction of sp³-hybridized carbons (Fsp3) is 0.405. The van der Waals surface area contributed by atoms with E-state index in [9.17, 15) is 38.7 Å². The van der Waals surface area contributed by atoms with Gasteiger partial charge in [-0.3, -0.25) is 53.3 Å². The second-order valence-corrected chi connectivity index (χ2v) is 33.9. The zero-order valence-corrected chi connectivity index (χ0v) is 65.9. The molecule has 0 atom stereocenters. The number of carbonyl (C=O) groups excluding carboxylic acids is 2. The van der Waals surface area contributed by atoms with E-state index in [0.29, 0.717) is 33.3 Å². The maximum absolute atomic E-state index is 12.5. The van der Waals surface area contributed by atoms with Crippen LogP contribution < -0.4 is 42.9 Å². The Balaban J connectivity index is 0.000000121. The van der Waals surface area contributed by atoms with Crippen LogP contribution in [0.15, 0.2) is 188 Å². The molecule has 11 heterocycles. The highest BCUT2D eigenvalue weighted by Gasteiger charge is 2.27. The molecule has 6 aromatic heterocycles. The van der Waals surface area contributed by atoms with Gasteiger partial charge < -0.3 is 29.7 Å². The molecule has 1 amide bonds. The smallest absolute Gasteiger partial charge is 0.407 e. The van der Waals surface area contributed by atoms with Crippen molar-refractivity contribution < 1.29 is 24.2 Å². The third-order valence-electron chi connectivity index (χ3n) is 19.6. The van der Waals surface area contributed by atoms with Crippen molar-refractivity contribution in [3.05, 3.63) is 221 Å². The minimum Gasteiger partial charge on any atom is -0.444 e. The molecule has 0 spiro atoms. The Hall–Kier alpha value is -8.89. The van der Waals surface area contributed by atoms with Crippen molar-refractivity contribution in [2.24, 2.45) is 0 Å². The number of aromatic nitrogens is 7. The first kappa shape index (κ1) is 78.2. The van der Waals surface area contributed by atoms with Crippen molar-refractivity contribution in [3.63, 3.8) is 0 Å². The largest absolute Gasteiger partial charge is 0.444 e. The number of amides is 1. The standard InChI is InChI=1S/C20H21N3O2S.C18H25N3O3S.C16H17N5OS.C13H16N2O2S.C12H14N2O2S/c1-15(24)16-6-8-17(9-7-16)22-12-10-21(11-13-22)14-23-20(25)18-4-2-3-5-19(18)26-23;1-18(2,3)24-17(23)19-13-8-10-20(11-9-13)12-21-16(22)14-6-4-5-7-15(14)25-21;22-15-13-4-1-2-5-14(13)23-21(15)12-19-8-10-20(11-9-19)16-17-6-3-7-18-16;16-10-5-7-14(8-6-10)9-15-13(17)11-3-1-2-4-12(11)18-15;15-12-10-3-1-2-4-11(10)17-14(12)9-13-5-7-16-8-6-13/h2-9H,10-14H2,1H3;4-7,13H,8-12H2,1-3H3,(H,19,23);1-7H,8-12H2;1-4,10,16H,5-9H2;1-4H,5-9H2. The first-order valence-electron chi connectivity index (χ1n) is 37.0.